The number of allylic oxidation sites excluding steroid dienone is 2. The lowest BCUT2D eigenvalue weighted by Crippen LogP contribution is -2.35. The number of aromatic nitrogens is 2. The van der Waals surface area contributed by atoms with Crippen molar-refractivity contribution < 1.29 is 4.74 Å². The number of morpholine rings is 1. The van der Waals surface area contributed by atoms with Crippen molar-refractivity contribution in [1.29, 1.82) is 0 Å². The van der Waals surface area contributed by atoms with Crippen LogP contribution in [0.15, 0.2) is 39.9 Å². The fourth-order valence-corrected chi connectivity index (χ4v) is 2.26. The van der Waals surface area contributed by atoms with Crippen molar-refractivity contribution in [1.82, 2.24) is 14.9 Å². The highest BCUT2D eigenvalue weighted by molar-refractivity contribution is 5.86. The summed E-state index contributed by atoms with van der Waals surface area (Å²) >= 11 is 0. The Labute approximate surface area is 142 Å². The van der Waals surface area contributed by atoms with E-state index in [2.05, 4.69) is 31.6 Å². The average Bonchev–Trinajstić information content (AvgIpc) is 2.59. The minimum absolute atomic E-state index is 0.443. The molecule has 0 saturated carbocycles. The van der Waals surface area contributed by atoms with E-state index in [0.29, 0.717) is 12.4 Å². The first-order valence-corrected chi connectivity index (χ1v) is 7.85. The Morgan fingerprint density at radius 1 is 1.38 bits per heavy atom. The van der Waals surface area contributed by atoms with Crippen molar-refractivity contribution in [3.05, 3.63) is 41.1 Å². The van der Waals surface area contributed by atoms with Crippen LogP contribution in [0.4, 0.5) is 5.82 Å². The van der Waals surface area contributed by atoms with E-state index in [4.69, 9.17) is 10.5 Å². The zero-order valence-electron chi connectivity index (χ0n) is 14.3. The molecule has 128 valence electrons. The predicted molar refractivity (Wildman–Crippen MR) is 97.4 cm³/mol. The number of hydrogen-bond donors (Lipinski definition) is 1. The molecule has 2 heterocycles. The maximum atomic E-state index is 5.84. The van der Waals surface area contributed by atoms with Crippen LogP contribution < -0.4 is 5.73 Å². The number of hydrogen-bond acceptors (Lipinski definition) is 7. The summed E-state index contributed by atoms with van der Waals surface area (Å²) in [6, 6.07) is 0. The molecule has 0 unspecified atom stereocenters. The van der Waals surface area contributed by atoms with Crippen LogP contribution in [0.25, 0.3) is 0 Å². The molecule has 1 saturated heterocycles. The Hall–Kier alpha value is -2.54. The molecule has 0 atom stereocenters. The molecular formula is C17H24N6O. The van der Waals surface area contributed by atoms with E-state index in [-0.39, 0.29) is 0 Å². The molecule has 0 bridgehead atoms. The van der Waals surface area contributed by atoms with Crippen molar-refractivity contribution >= 4 is 18.7 Å². The van der Waals surface area contributed by atoms with Crippen LogP contribution in [0.1, 0.15) is 18.2 Å². The van der Waals surface area contributed by atoms with Crippen LogP contribution in [0.3, 0.4) is 0 Å². The van der Waals surface area contributed by atoms with Gasteiger partial charge in [0.15, 0.2) is 0 Å². The maximum absolute atomic E-state index is 5.84. The number of nitrogens with zero attached hydrogens (tertiary/aromatic N) is 5. The molecule has 1 fully saturated rings. The van der Waals surface area contributed by atoms with E-state index >= 15 is 0 Å². The third-order valence-corrected chi connectivity index (χ3v) is 3.69. The summed E-state index contributed by atoms with van der Waals surface area (Å²) in [6.45, 7) is 11.2. The molecule has 0 aromatic carbocycles. The summed E-state index contributed by atoms with van der Waals surface area (Å²) < 4.78 is 5.35. The first kappa shape index (κ1) is 17.8. The van der Waals surface area contributed by atoms with Gasteiger partial charge in [0.2, 0.25) is 0 Å². The van der Waals surface area contributed by atoms with Gasteiger partial charge in [-0.2, -0.15) is 0 Å². The summed E-state index contributed by atoms with van der Waals surface area (Å²) in [5, 5.41) is 0. The van der Waals surface area contributed by atoms with E-state index in [1.54, 1.807) is 6.21 Å². The highest BCUT2D eigenvalue weighted by atomic mass is 16.5. The number of nitrogens with two attached hydrogens (primary N) is 1. The molecular weight excluding hydrogens is 304 g/mol. The molecule has 24 heavy (non-hydrogen) atoms. The summed E-state index contributed by atoms with van der Waals surface area (Å²) in [4.78, 5) is 18.8. The molecule has 0 radical (unpaired) electrons. The summed E-state index contributed by atoms with van der Waals surface area (Å²) in [7, 11) is 0. The van der Waals surface area contributed by atoms with Gasteiger partial charge in [-0.05, 0) is 26.6 Å². The van der Waals surface area contributed by atoms with Crippen LogP contribution in [-0.2, 0) is 4.74 Å². The Bertz CT molecular complexity index is 639. The van der Waals surface area contributed by atoms with Crippen LogP contribution in [0.5, 0.6) is 0 Å². The van der Waals surface area contributed by atoms with Gasteiger partial charge in [-0.1, -0.05) is 11.6 Å². The lowest BCUT2D eigenvalue weighted by molar-refractivity contribution is 0.0532. The first-order chi connectivity index (χ1) is 11.6. The van der Waals surface area contributed by atoms with E-state index < -0.39 is 0 Å². The van der Waals surface area contributed by atoms with Crippen molar-refractivity contribution in [2.45, 2.75) is 13.8 Å². The number of rotatable bonds is 6. The lowest BCUT2D eigenvalue weighted by atomic mass is 10.2. The van der Waals surface area contributed by atoms with Crippen LogP contribution >= 0.6 is 0 Å². The topological polar surface area (TPSA) is 89.0 Å². The minimum Gasteiger partial charge on any atom is -0.383 e. The second-order valence-electron chi connectivity index (χ2n) is 5.52. The Morgan fingerprint density at radius 2 is 2.12 bits per heavy atom. The van der Waals surface area contributed by atoms with E-state index in [0.717, 1.165) is 49.0 Å². The maximum Gasteiger partial charge on any atom is 0.135 e. The van der Waals surface area contributed by atoms with Crippen LogP contribution in [0, 0.1) is 6.92 Å². The molecule has 1 aromatic rings. The van der Waals surface area contributed by atoms with Gasteiger partial charge in [0.1, 0.15) is 18.0 Å². The Kier molecular flexibility index (Phi) is 6.62. The predicted octanol–water partition coefficient (Wildman–Crippen LogP) is 1.61. The van der Waals surface area contributed by atoms with Gasteiger partial charge in [0.05, 0.1) is 31.0 Å². The summed E-state index contributed by atoms with van der Waals surface area (Å²) in [5.41, 5.74) is 8.53. The van der Waals surface area contributed by atoms with E-state index in [1.807, 2.05) is 26.0 Å². The van der Waals surface area contributed by atoms with Gasteiger partial charge < -0.3 is 15.4 Å². The smallest absolute Gasteiger partial charge is 0.135 e. The molecule has 7 heteroatoms. The Morgan fingerprint density at radius 3 is 2.79 bits per heavy atom. The number of aryl methyl sites for hydroxylation is 1. The molecule has 0 spiro atoms. The molecule has 2 N–H and O–H groups in total. The zero-order chi connectivity index (χ0) is 17.4. The van der Waals surface area contributed by atoms with E-state index in [1.165, 1.54) is 6.33 Å². The standard InChI is InChI=1S/C17H24N6O/c1-13(4-5-16(19-3)23-6-8-24-9-7-23)10-20-11-15-14(2)21-12-22-17(15)18/h4-5,11-12H,3,6-10H2,1-2H3,(H2,18,21,22)/b13-4+,16-5+,20-11?. The molecule has 0 amide bonds. The van der Waals surface area contributed by atoms with Gasteiger partial charge >= 0.3 is 0 Å². The Balaban J connectivity index is 1.99. The van der Waals surface area contributed by atoms with Crippen LogP contribution in [0.2, 0.25) is 0 Å². The molecule has 2 rings (SSSR count). The van der Waals surface area contributed by atoms with Gasteiger partial charge in [-0.3, -0.25) is 4.99 Å². The van der Waals surface area contributed by atoms with Gasteiger partial charge in [-0.25, -0.2) is 15.0 Å². The number of anilines is 1. The fraction of sp³-hybridized carbons (Fsp3) is 0.412. The largest absolute Gasteiger partial charge is 0.383 e. The third kappa shape index (κ3) is 4.99. The fourth-order valence-electron chi connectivity index (χ4n) is 2.26. The van der Waals surface area contributed by atoms with Gasteiger partial charge in [-0.15, -0.1) is 0 Å². The molecule has 1 aliphatic heterocycles. The SMILES string of the molecule is C=N/C(=C\C=C(/C)CN=Cc1c(C)ncnc1N)N1CCOCC1. The van der Waals surface area contributed by atoms with Crippen molar-refractivity contribution in [2.75, 3.05) is 38.6 Å². The molecule has 1 aromatic heterocycles. The minimum atomic E-state index is 0.443. The summed E-state index contributed by atoms with van der Waals surface area (Å²) in [6.07, 6.45) is 7.15. The zero-order valence-corrected chi connectivity index (χ0v) is 14.3. The third-order valence-electron chi connectivity index (χ3n) is 3.69. The quantitative estimate of drug-likeness (QED) is 0.633. The normalized spacial score (nSPS) is 16.7. The summed E-state index contributed by atoms with van der Waals surface area (Å²) in [5.74, 6) is 1.30. The highest BCUT2D eigenvalue weighted by Gasteiger charge is 2.11. The monoisotopic (exact) mass is 328 g/mol. The van der Waals surface area contributed by atoms with E-state index in [9.17, 15) is 0 Å². The number of nitrogen functional groups attached to an aromatic ring is 1. The lowest BCUT2D eigenvalue weighted by Gasteiger charge is -2.28. The molecule has 1 aliphatic rings. The van der Waals surface area contributed by atoms with Gasteiger partial charge in [0.25, 0.3) is 0 Å². The first-order valence-electron chi connectivity index (χ1n) is 7.85. The average molecular weight is 328 g/mol. The second-order valence-corrected chi connectivity index (χ2v) is 5.52. The number of aliphatic imine (C=N–C) groups is 2. The highest BCUT2D eigenvalue weighted by Crippen LogP contribution is 2.10. The van der Waals surface area contributed by atoms with Gasteiger partial charge in [0, 0.05) is 19.3 Å². The molecule has 7 nitrogen and oxygen atoms in total. The molecule has 0 aliphatic carbocycles. The van der Waals surface area contributed by atoms with Crippen molar-refractivity contribution in [3.8, 4) is 0 Å². The van der Waals surface area contributed by atoms with Crippen molar-refractivity contribution in [2.24, 2.45) is 9.98 Å². The van der Waals surface area contributed by atoms with Crippen LogP contribution in [-0.4, -0.2) is 60.6 Å². The number of ether oxygens (including phenoxy) is 1. The second kappa shape index (κ2) is 8.93. The van der Waals surface area contributed by atoms with Crippen molar-refractivity contribution in [3.63, 3.8) is 0 Å².